The Labute approximate surface area is 113 Å². The van der Waals surface area contributed by atoms with Crippen LogP contribution in [0.5, 0.6) is 0 Å². The second-order valence-electron chi connectivity index (χ2n) is 4.76. The lowest BCUT2D eigenvalue weighted by atomic mass is 10.0. The number of hydrogen-bond acceptors (Lipinski definition) is 5. The second kappa shape index (κ2) is 6.64. The molecule has 0 aliphatic heterocycles. The molecule has 0 fully saturated rings. The van der Waals surface area contributed by atoms with Crippen molar-refractivity contribution in [2.45, 2.75) is 26.3 Å². The molecule has 0 bridgehead atoms. The van der Waals surface area contributed by atoms with Crippen LogP contribution < -0.4 is 11.1 Å². The molecular formula is C14H19N3O2. The van der Waals surface area contributed by atoms with Gasteiger partial charge in [0.1, 0.15) is 12.1 Å². The minimum atomic E-state index is -0.419. The number of nitriles is 1. The third-order valence-corrected chi connectivity index (χ3v) is 2.71. The molecule has 0 aliphatic carbocycles. The van der Waals surface area contributed by atoms with E-state index in [9.17, 15) is 4.79 Å². The monoisotopic (exact) mass is 261 g/mol. The number of nitrogen functional groups attached to an aromatic ring is 1. The minimum Gasteiger partial charge on any atom is -0.467 e. The summed E-state index contributed by atoms with van der Waals surface area (Å²) in [6, 6.07) is 6.58. The standard InChI is InChI=1S/C14H19N3O2/c1-9(2)6-13(14(18)19-3)17-11-5-4-10(8-15)12(16)7-11/h4-5,7,9,13,17H,6,16H2,1-3H3. The number of rotatable bonds is 5. The van der Waals surface area contributed by atoms with Gasteiger partial charge in [0, 0.05) is 5.69 Å². The number of ether oxygens (including phenoxy) is 1. The Balaban J connectivity index is 2.87. The lowest BCUT2D eigenvalue weighted by Gasteiger charge is -2.19. The van der Waals surface area contributed by atoms with Gasteiger partial charge >= 0.3 is 5.97 Å². The Morgan fingerprint density at radius 3 is 2.68 bits per heavy atom. The van der Waals surface area contributed by atoms with Gasteiger partial charge in [0.2, 0.25) is 0 Å². The van der Waals surface area contributed by atoms with E-state index in [1.54, 1.807) is 18.2 Å². The Morgan fingerprint density at radius 2 is 2.21 bits per heavy atom. The van der Waals surface area contributed by atoms with Crippen molar-refractivity contribution in [3.05, 3.63) is 23.8 Å². The maximum atomic E-state index is 11.7. The maximum Gasteiger partial charge on any atom is 0.328 e. The van der Waals surface area contributed by atoms with Crippen LogP contribution in [-0.2, 0) is 9.53 Å². The fourth-order valence-electron chi connectivity index (χ4n) is 1.78. The van der Waals surface area contributed by atoms with Crippen LogP contribution in [0.1, 0.15) is 25.8 Å². The smallest absolute Gasteiger partial charge is 0.328 e. The van der Waals surface area contributed by atoms with Crippen LogP contribution in [0, 0.1) is 17.2 Å². The van der Waals surface area contributed by atoms with Gasteiger partial charge in [0.05, 0.1) is 18.4 Å². The van der Waals surface area contributed by atoms with Crippen LogP contribution >= 0.6 is 0 Å². The summed E-state index contributed by atoms with van der Waals surface area (Å²) in [6.07, 6.45) is 0.659. The summed E-state index contributed by atoms with van der Waals surface area (Å²) < 4.78 is 4.78. The zero-order valence-electron chi connectivity index (χ0n) is 11.4. The predicted octanol–water partition coefficient (Wildman–Crippen LogP) is 2.14. The third-order valence-electron chi connectivity index (χ3n) is 2.71. The number of nitrogens with two attached hydrogens (primary N) is 1. The topological polar surface area (TPSA) is 88.1 Å². The van der Waals surface area contributed by atoms with Crippen molar-refractivity contribution in [2.24, 2.45) is 5.92 Å². The number of anilines is 2. The summed E-state index contributed by atoms with van der Waals surface area (Å²) in [5.41, 5.74) is 7.25. The Kier molecular flexibility index (Phi) is 5.19. The van der Waals surface area contributed by atoms with E-state index in [4.69, 9.17) is 15.7 Å². The van der Waals surface area contributed by atoms with Crippen LogP contribution in [0.3, 0.4) is 0 Å². The van der Waals surface area contributed by atoms with Gasteiger partial charge < -0.3 is 15.8 Å². The molecule has 1 aromatic carbocycles. The number of nitrogens with one attached hydrogen (secondary N) is 1. The molecule has 0 radical (unpaired) electrons. The molecule has 1 aromatic rings. The molecule has 1 rings (SSSR count). The molecule has 0 spiro atoms. The average Bonchev–Trinajstić information content (AvgIpc) is 2.36. The SMILES string of the molecule is COC(=O)C(CC(C)C)Nc1ccc(C#N)c(N)c1. The summed E-state index contributed by atoms with van der Waals surface area (Å²) in [5.74, 6) is 0.0453. The Bertz CT molecular complexity index is 492. The summed E-state index contributed by atoms with van der Waals surface area (Å²) in [7, 11) is 1.37. The molecule has 0 saturated heterocycles. The minimum absolute atomic E-state index is 0.309. The van der Waals surface area contributed by atoms with E-state index < -0.39 is 6.04 Å². The highest BCUT2D eigenvalue weighted by Gasteiger charge is 2.20. The first-order valence-corrected chi connectivity index (χ1v) is 6.12. The van der Waals surface area contributed by atoms with E-state index in [0.29, 0.717) is 29.3 Å². The lowest BCUT2D eigenvalue weighted by molar-refractivity contribution is -0.141. The van der Waals surface area contributed by atoms with Crippen LogP contribution in [0.15, 0.2) is 18.2 Å². The van der Waals surface area contributed by atoms with Crippen molar-refractivity contribution < 1.29 is 9.53 Å². The van der Waals surface area contributed by atoms with E-state index >= 15 is 0 Å². The molecule has 1 unspecified atom stereocenters. The van der Waals surface area contributed by atoms with E-state index in [0.717, 1.165) is 0 Å². The van der Waals surface area contributed by atoms with Crippen molar-refractivity contribution in [3.63, 3.8) is 0 Å². The van der Waals surface area contributed by atoms with Crippen LogP contribution in [0.25, 0.3) is 0 Å². The second-order valence-corrected chi connectivity index (χ2v) is 4.76. The molecule has 1 atom stereocenters. The van der Waals surface area contributed by atoms with E-state index in [-0.39, 0.29) is 5.97 Å². The average molecular weight is 261 g/mol. The fraction of sp³-hybridized carbons (Fsp3) is 0.429. The molecule has 19 heavy (non-hydrogen) atoms. The highest BCUT2D eigenvalue weighted by Crippen LogP contribution is 2.19. The van der Waals surface area contributed by atoms with Gasteiger partial charge in [0.15, 0.2) is 0 Å². The van der Waals surface area contributed by atoms with Gasteiger partial charge in [0.25, 0.3) is 0 Å². The number of hydrogen-bond donors (Lipinski definition) is 2. The van der Waals surface area contributed by atoms with Crippen LogP contribution in [0.4, 0.5) is 11.4 Å². The van der Waals surface area contributed by atoms with E-state index in [1.807, 2.05) is 19.9 Å². The van der Waals surface area contributed by atoms with Gasteiger partial charge in [-0.2, -0.15) is 5.26 Å². The van der Waals surface area contributed by atoms with Gasteiger partial charge in [-0.3, -0.25) is 0 Å². The molecule has 0 heterocycles. The van der Waals surface area contributed by atoms with Gasteiger partial charge in [-0.1, -0.05) is 13.8 Å². The predicted molar refractivity (Wildman–Crippen MR) is 74.5 cm³/mol. The normalized spacial score (nSPS) is 11.7. The molecule has 0 saturated carbocycles. The van der Waals surface area contributed by atoms with Crippen molar-refractivity contribution >= 4 is 17.3 Å². The van der Waals surface area contributed by atoms with Crippen molar-refractivity contribution in [1.29, 1.82) is 5.26 Å². The van der Waals surface area contributed by atoms with Crippen molar-refractivity contribution in [2.75, 3.05) is 18.2 Å². The first kappa shape index (κ1) is 14.8. The number of benzene rings is 1. The summed E-state index contributed by atoms with van der Waals surface area (Å²) in [4.78, 5) is 11.7. The van der Waals surface area contributed by atoms with E-state index in [2.05, 4.69) is 5.32 Å². The molecule has 0 amide bonds. The molecule has 0 aliphatic rings. The first-order chi connectivity index (χ1) is 8.97. The third kappa shape index (κ3) is 4.18. The molecule has 5 heteroatoms. The van der Waals surface area contributed by atoms with Crippen molar-refractivity contribution in [3.8, 4) is 6.07 Å². The molecule has 102 valence electrons. The van der Waals surface area contributed by atoms with Crippen molar-refractivity contribution in [1.82, 2.24) is 0 Å². The number of esters is 1. The van der Waals surface area contributed by atoms with Crippen LogP contribution in [0.2, 0.25) is 0 Å². The van der Waals surface area contributed by atoms with E-state index in [1.165, 1.54) is 7.11 Å². The lowest BCUT2D eigenvalue weighted by Crippen LogP contribution is -2.32. The maximum absolute atomic E-state index is 11.7. The number of carbonyl (C=O) groups excluding carboxylic acids is 1. The summed E-state index contributed by atoms with van der Waals surface area (Å²) >= 11 is 0. The first-order valence-electron chi connectivity index (χ1n) is 6.12. The van der Waals surface area contributed by atoms with Crippen LogP contribution in [-0.4, -0.2) is 19.1 Å². The molecular weight excluding hydrogens is 242 g/mol. The summed E-state index contributed by atoms with van der Waals surface area (Å²) in [5, 5.41) is 11.9. The largest absolute Gasteiger partial charge is 0.467 e. The quantitative estimate of drug-likeness (QED) is 0.626. The number of methoxy groups -OCH3 is 1. The molecule has 0 aromatic heterocycles. The highest BCUT2D eigenvalue weighted by atomic mass is 16.5. The molecule has 3 N–H and O–H groups in total. The van der Waals surface area contributed by atoms with Gasteiger partial charge in [-0.25, -0.2) is 4.79 Å². The summed E-state index contributed by atoms with van der Waals surface area (Å²) in [6.45, 7) is 4.07. The zero-order valence-corrected chi connectivity index (χ0v) is 11.4. The number of nitrogens with zero attached hydrogens (tertiary/aromatic N) is 1. The highest BCUT2D eigenvalue weighted by molar-refractivity contribution is 5.79. The molecule has 5 nitrogen and oxygen atoms in total. The van der Waals surface area contributed by atoms with Gasteiger partial charge in [-0.15, -0.1) is 0 Å². The Morgan fingerprint density at radius 1 is 1.53 bits per heavy atom. The zero-order chi connectivity index (χ0) is 14.4. The van der Waals surface area contributed by atoms with Gasteiger partial charge in [-0.05, 0) is 30.5 Å². The number of carbonyl (C=O) groups is 1. The fourth-order valence-corrected chi connectivity index (χ4v) is 1.78. The Hall–Kier alpha value is -2.22.